The van der Waals surface area contributed by atoms with Gasteiger partial charge in [-0.05, 0) is 87.4 Å². The molecular formula is C28H38N2O3. The quantitative estimate of drug-likeness (QED) is 0.545. The molecule has 5 heteroatoms. The average molecular weight is 451 g/mol. The van der Waals surface area contributed by atoms with Crippen LogP contribution in [-0.2, 0) is 4.79 Å². The van der Waals surface area contributed by atoms with Crippen molar-refractivity contribution < 1.29 is 14.6 Å². The number of para-hydroxylation sites is 1. The number of ether oxygens (including phenoxy) is 1. The van der Waals surface area contributed by atoms with E-state index in [0.29, 0.717) is 12.3 Å². The van der Waals surface area contributed by atoms with Crippen LogP contribution in [0, 0.1) is 5.41 Å². The fourth-order valence-electron chi connectivity index (χ4n) is 6.21. The van der Waals surface area contributed by atoms with Gasteiger partial charge in [0.05, 0.1) is 12.5 Å². The fraction of sp³-hybridized carbons (Fsp3) is 0.571. The maximum Gasteiger partial charge on any atom is 0.309 e. The van der Waals surface area contributed by atoms with E-state index >= 15 is 0 Å². The lowest BCUT2D eigenvalue weighted by Gasteiger charge is -2.43. The summed E-state index contributed by atoms with van der Waals surface area (Å²) in [6, 6.07) is 12.8. The number of hydrogen-bond acceptors (Lipinski definition) is 4. The van der Waals surface area contributed by atoms with Crippen molar-refractivity contribution >= 4 is 5.97 Å². The van der Waals surface area contributed by atoms with Crippen LogP contribution in [0.4, 0.5) is 0 Å². The highest BCUT2D eigenvalue weighted by Crippen LogP contribution is 2.46. The second-order valence-electron chi connectivity index (χ2n) is 10.0. The summed E-state index contributed by atoms with van der Waals surface area (Å²) >= 11 is 0. The molecule has 0 bridgehead atoms. The zero-order chi connectivity index (χ0) is 23.3. The largest absolute Gasteiger partial charge is 0.496 e. The molecule has 1 aromatic heterocycles. The molecule has 1 aromatic carbocycles. The summed E-state index contributed by atoms with van der Waals surface area (Å²) < 4.78 is 5.61. The van der Waals surface area contributed by atoms with Crippen LogP contribution >= 0.6 is 0 Å². The van der Waals surface area contributed by atoms with Gasteiger partial charge in [-0.2, -0.15) is 0 Å². The minimum atomic E-state index is -0.608. The SMILES string of the molecule is COc1ccccc1C1CCN(C(C)[C@H](CC2(C(=O)O)CCCCC2)c2ccncc2)CC1. The molecule has 2 heterocycles. The number of likely N-dealkylation sites (tertiary alicyclic amines) is 1. The van der Waals surface area contributed by atoms with Crippen LogP contribution in [0.1, 0.15) is 81.3 Å². The van der Waals surface area contributed by atoms with Gasteiger partial charge in [-0.25, -0.2) is 0 Å². The lowest BCUT2D eigenvalue weighted by atomic mass is 9.66. The highest BCUT2D eigenvalue weighted by molar-refractivity contribution is 5.75. The van der Waals surface area contributed by atoms with Crippen molar-refractivity contribution in [2.45, 2.75) is 76.2 Å². The Labute approximate surface area is 198 Å². The Bertz CT molecular complexity index is 902. The van der Waals surface area contributed by atoms with E-state index in [1.165, 1.54) is 11.1 Å². The van der Waals surface area contributed by atoms with Gasteiger partial charge in [0, 0.05) is 24.4 Å². The van der Waals surface area contributed by atoms with Crippen LogP contribution in [0.15, 0.2) is 48.8 Å². The summed E-state index contributed by atoms with van der Waals surface area (Å²) in [5.41, 5.74) is 1.93. The lowest BCUT2D eigenvalue weighted by molar-refractivity contribution is -0.152. The molecule has 2 aromatic rings. The number of aromatic nitrogens is 1. The third kappa shape index (κ3) is 5.24. The Hall–Kier alpha value is -2.40. The van der Waals surface area contributed by atoms with Crippen molar-refractivity contribution in [3.63, 3.8) is 0 Å². The van der Waals surface area contributed by atoms with Crippen molar-refractivity contribution in [1.29, 1.82) is 0 Å². The molecule has 1 saturated heterocycles. The van der Waals surface area contributed by atoms with Gasteiger partial charge < -0.3 is 14.7 Å². The lowest BCUT2D eigenvalue weighted by Crippen LogP contribution is -2.45. The van der Waals surface area contributed by atoms with Gasteiger partial charge in [0.2, 0.25) is 0 Å². The molecule has 5 nitrogen and oxygen atoms in total. The van der Waals surface area contributed by atoms with Crippen molar-refractivity contribution in [3.05, 3.63) is 59.9 Å². The summed E-state index contributed by atoms with van der Waals surface area (Å²) in [5, 5.41) is 10.2. The van der Waals surface area contributed by atoms with E-state index in [-0.39, 0.29) is 12.0 Å². The number of hydrogen-bond donors (Lipinski definition) is 1. The molecule has 1 saturated carbocycles. The van der Waals surface area contributed by atoms with Crippen LogP contribution in [0.2, 0.25) is 0 Å². The van der Waals surface area contributed by atoms with E-state index in [2.05, 4.69) is 47.1 Å². The third-order valence-corrected chi connectivity index (χ3v) is 8.28. The predicted molar refractivity (Wildman–Crippen MR) is 131 cm³/mol. The van der Waals surface area contributed by atoms with Gasteiger partial charge in [0.1, 0.15) is 5.75 Å². The van der Waals surface area contributed by atoms with Gasteiger partial charge in [-0.15, -0.1) is 0 Å². The molecule has 0 spiro atoms. The number of nitrogens with zero attached hydrogens (tertiary/aromatic N) is 2. The summed E-state index contributed by atoms with van der Waals surface area (Å²) in [7, 11) is 1.75. The molecule has 0 amide bonds. The smallest absolute Gasteiger partial charge is 0.309 e. The van der Waals surface area contributed by atoms with E-state index in [1.807, 2.05) is 18.5 Å². The second kappa shape index (κ2) is 10.7. The van der Waals surface area contributed by atoms with Crippen LogP contribution < -0.4 is 4.74 Å². The fourth-order valence-corrected chi connectivity index (χ4v) is 6.21. The van der Waals surface area contributed by atoms with Gasteiger partial charge in [-0.1, -0.05) is 37.5 Å². The number of benzene rings is 1. The molecule has 1 aliphatic carbocycles. The standard InChI is InChI=1S/C28H38N2O3/c1-21(30-18-12-23(13-19-30)24-8-4-5-9-26(24)33-2)25(22-10-16-29-17-11-22)20-28(27(31)32)14-6-3-7-15-28/h4-5,8-11,16-17,21,23,25H,3,6-7,12-15,18-20H2,1-2H3,(H,31,32)/t21?,25-/m0/s1. The molecule has 178 valence electrons. The first-order valence-electron chi connectivity index (χ1n) is 12.5. The first-order chi connectivity index (χ1) is 16.0. The Morgan fingerprint density at radius 3 is 2.42 bits per heavy atom. The molecule has 1 unspecified atom stereocenters. The third-order valence-electron chi connectivity index (χ3n) is 8.28. The average Bonchev–Trinajstić information content (AvgIpc) is 2.88. The number of carboxylic acid groups (broad SMARTS) is 1. The Balaban J connectivity index is 1.51. The maximum absolute atomic E-state index is 12.5. The first-order valence-corrected chi connectivity index (χ1v) is 12.5. The molecule has 2 fully saturated rings. The summed E-state index contributed by atoms with van der Waals surface area (Å²) in [4.78, 5) is 19.3. The molecular weight excluding hydrogens is 412 g/mol. The normalized spacial score (nSPS) is 21.3. The van der Waals surface area contributed by atoms with Gasteiger partial charge >= 0.3 is 5.97 Å². The molecule has 2 aliphatic rings. The van der Waals surface area contributed by atoms with Crippen LogP contribution in [0.25, 0.3) is 0 Å². The maximum atomic E-state index is 12.5. The number of carboxylic acids is 1. The van der Waals surface area contributed by atoms with E-state index in [0.717, 1.165) is 63.8 Å². The topological polar surface area (TPSA) is 62.7 Å². The number of piperidine rings is 1. The minimum Gasteiger partial charge on any atom is -0.496 e. The second-order valence-corrected chi connectivity index (χ2v) is 10.0. The van der Waals surface area contributed by atoms with Crippen molar-refractivity contribution in [1.82, 2.24) is 9.88 Å². The number of methoxy groups -OCH3 is 1. The molecule has 33 heavy (non-hydrogen) atoms. The van der Waals surface area contributed by atoms with E-state index in [9.17, 15) is 9.90 Å². The van der Waals surface area contributed by atoms with E-state index in [1.54, 1.807) is 7.11 Å². The molecule has 2 atom stereocenters. The van der Waals surface area contributed by atoms with Gasteiger partial charge in [0.15, 0.2) is 0 Å². The van der Waals surface area contributed by atoms with Gasteiger partial charge in [-0.3, -0.25) is 9.78 Å². The van der Waals surface area contributed by atoms with Crippen molar-refractivity contribution in [2.75, 3.05) is 20.2 Å². The van der Waals surface area contributed by atoms with Crippen molar-refractivity contribution in [2.24, 2.45) is 5.41 Å². The van der Waals surface area contributed by atoms with E-state index in [4.69, 9.17) is 4.74 Å². The first kappa shape index (κ1) is 23.7. The van der Waals surface area contributed by atoms with Crippen LogP contribution in [-0.4, -0.2) is 47.2 Å². The monoisotopic (exact) mass is 450 g/mol. The number of rotatable bonds is 8. The Morgan fingerprint density at radius 2 is 1.79 bits per heavy atom. The predicted octanol–water partition coefficient (Wildman–Crippen LogP) is 5.87. The van der Waals surface area contributed by atoms with Crippen molar-refractivity contribution in [3.8, 4) is 5.75 Å². The Kier molecular flexibility index (Phi) is 7.69. The highest BCUT2D eigenvalue weighted by Gasteiger charge is 2.43. The highest BCUT2D eigenvalue weighted by atomic mass is 16.5. The molecule has 1 N–H and O–H groups in total. The summed E-state index contributed by atoms with van der Waals surface area (Å²) in [6.07, 6.45) is 11.4. The molecule has 0 radical (unpaired) electrons. The van der Waals surface area contributed by atoms with Crippen LogP contribution in [0.3, 0.4) is 0 Å². The van der Waals surface area contributed by atoms with E-state index < -0.39 is 11.4 Å². The summed E-state index contributed by atoms with van der Waals surface area (Å²) in [5.74, 6) is 1.07. The van der Waals surface area contributed by atoms with Gasteiger partial charge in [0.25, 0.3) is 0 Å². The Morgan fingerprint density at radius 1 is 1.12 bits per heavy atom. The summed E-state index contributed by atoms with van der Waals surface area (Å²) in [6.45, 7) is 4.34. The number of aliphatic carboxylic acids is 1. The number of pyridine rings is 1. The molecule has 1 aliphatic heterocycles. The zero-order valence-corrected chi connectivity index (χ0v) is 20.1. The minimum absolute atomic E-state index is 0.185. The molecule has 4 rings (SSSR count). The zero-order valence-electron chi connectivity index (χ0n) is 20.1. The van der Waals surface area contributed by atoms with Crippen LogP contribution in [0.5, 0.6) is 5.75 Å². The number of carbonyl (C=O) groups is 1.